The average molecular weight is 491 g/mol. The Balaban J connectivity index is 1.51. The van der Waals surface area contributed by atoms with Gasteiger partial charge in [0.05, 0.1) is 32.1 Å². The predicted octanol–water partition coefficient (Wildman–Crippen LogP) is 4.27. The van der Waals surface area contributed by atoms with Gasteiger partial charge in [-0.1, -0.05) is 72.4 Å². The van der Waals surface area contributed by atoms with Crippen LogP contribution in [0.15, 0.2) is 88.6 Å². The molecule has 2 aromatic carbocycles. The highest BCUT2D eigenvalue weighted by Gasteiger charge is 2.21. The van der Waals surface area contributed by atoms with Crippen LogP contribution in [0, 0.1) is 0 Å². The maximum Gasteiger partial charge on any atom is 0.307 e. The van der Waals surface area contributed by atoms with Crippen LogP contribution < -0.4 is 0 Å². The first-order valence-electron chi connectivity index (χ1n) is 11.2. The number of aromatic nitrogens is 3. The third-order valence-corrected chi connectivity index (χ3v) is 6.30. The van der Waals surface area contributed by atoms with E-state index in [4.69, 9.17) is 9.15 Å². The monoisotopic (exact) mass is 490 g/mol. The van der Waals surface area contributed by atoms with E-state index in [1.54, 1.807) is 17.2 Å². The number of esters is 1. The van der Waals surface area contributed by atoms with Gasteiger partial charge in [0, 0.05) is 13.1 Å². The number of ether oxygens (including phenoxy) is 1. The number of rotatable bonds is 11. The minimum atomic E-state index is -0.353. The average Bonchev–Trinajstić information content (AvgIpc) is 3.56. The zero-order valence-electron chi connectivity index (χ0n) is 19.4. The molecular weight excluding hydrogens is 464 g/mol. The second-order valence-electron chi connectivity index (χ2n) is 7.77. The summed E-state index contributed by atoms with van der Waals surface area (Å²) in [6.45, 7) is 1.22. The lowest BCUT2D eigenvalue weighted by Crippen LogP contribution is -2.34. The fourth-order valence-electron chi connectivity index (χ4n) is 3.53. The molecule has 1 amide bonds. The molecule has 8 nitrogen and oxygen atoms in total. The number of thioether (sulfide) groups is 1. The minimum Gasteiger partial charge on any atom is -0.469 e. The molecule has 0 saturated heterocycles. The molecule has 35 heavy (non-hydrogen) atoms. The summed E-state index contributed by atoms with van der Waals surface area (Å²) in [6.07, 6.45) is 1.72. The van der Waals surface area contributed by atoms with Gasteiger partial charge in [-0.15, -0.1) is 10.2 Å². The number of carbonyl (C=O) groups excluding carboxylic acids is 2. The minimum absolute atomic E-state index is 0.100. The van der Waals surface area contributed by atoms with E-state index in [0.717, 1.165) is 11.1 Å². The number of nitrogens with zero attached hydrogens (tertiary/aromatic N) is 4. The Morgan fingerprint density at radius 3 is 2.34 bits per heavy atom. The molecule has 0 N–H and O–H groups in total. The quantitative estimate of drug-likeness (QED) is 0.229. The molecule has 0 saturated carbocycles. The largest absolute Gasteiger partial charge is 0.469 e. The lowest BCUT2D eigenvalue weighted by atomic mass is 10.2. The van der Waals surface area contributed by atoms with Gasteiger partial charge >= 0.3 is 5.97 Å². The summed E-state index contributed by atoms with van der Waals surface area (Å²) in [6, 6.07) is 23.3. The lowest BCUT2D eigenvalue weighted by molar-refractivity contribution is -0.141. The number of methoxy groups -OCH3 is 1. The Morgan fingerprint density at radius 1 is 0.971 bits per heavy atom. The van der Waals surface area contributed by atoms with Crippen molar-refractivity contribution in [1.29, 1.82) is 0 Å². The van der Waals surface area contributed by atoms with Crippen LogP contribution in [0.4, 0.5) is 0 Å². The zero-order chi connectivity index (χ0) is 24.5. The molecule has 0 radical (unpaired) electrons. The van der Waals surface area contributed by atoms with Gasteiger partial charge in [0.25, 0.3) is 0 Å². The highest BCUT2D eigenvalue weighted by Crippen LogP contribution is 2.26. The molecule has 4 rings (SSSR count). The SMILES string of the molecule is COC(=O)CCN(Cc1ccccc1)C(=O)CSc1nnc(-c2ccco2)n1Cc1ccccc1. The van der Waals surface area contributed by atoms with Gasteiger partial charge in [-0.25, -0.2) is 0 Å². The number of furan rings is 1. The molecule has 0 spiro atoms. The molecule has 0 bridgehead atoms. The van der Waals surface area contributed by atoms with Crippen LogP contribution in [0.1, 0.15) is 17.5 Å². The Morgan fingerprint density at radius 2 is 1.69 bits per heavy atom. The van der Waals surface area contributed by atoms with Crippen LogP contribution in [0.2, 0.25) is 0 Å². The van der Waals surface area contributed by atoms with E-state index in [2.05, 4.69) is 10.2 Å². The van der Waals surface area contributed by atoms with Crippen molar-refractivity contribution < 1.29 is 18.7 Å². The van der Waals surface area contributed by atoms with E-state index < -0.39 is 0 Å². The summed E-state index contributed by atoms with van der Waals surface area (Å²) < 4.78 is 12.3. The van der Waals surface area contributed by atoms with E-state index in [9.17, 15) is 9.59 Å². The van der Waals surface area contributed by atoms with Gasteiger partial charge < -0.3 is 14.1 Å². The molecule has 0 fully saturated rings. The summed E-state index contributed by atoms with van der Waals surface area (Å²) in [7, 11) is 1.34. The van der Waals surface area contributed by atoms with Crippen molar-refractivity contribution in [2.45, 2.75) is 24.7 Å². The van der Waals surface area contributed by atoms with Gasteiger partial charge in [0.15, 0.2) is 10.9 Å². The molecule has 0 aliphatic rings. The van der Waals surface area contributed by atoms with Gasteiger partial charge in [-0.05, 0) is 23.3 Å². The number of benzene rings is 2. The summed E-state index contributed by atoms with van der Waals surface area (Å²) in [5.41, 5.74) is 2.07. The summed E-state index contributed by atoms with van der Waals surface area (Å²) in [5.74, 6) is 0.904. The van der Waals surface area contributed by atoms with Crippen molar-refractivity contribution in [2.24, 2.45) is 0 Å². The number of amides is 1. The van der Waals surface area contributed by atoms with Gasteiger partial charge in [-0.3, -0.25) is 14.2 Å². The van der Waals surface area contributed by atoms with Gasteiger partial charge in [-0.2, -0.15) is 0 Å². The molecule has 4 aromatic rings. The van der Waals surface area contributed by atoms with Crippen molar-refractivity contribution in [1.82, 2.24) is 19.7 Å². The van der Waals surface area contributed by atoms with E-state index >= 15 is 0 Å². The lowest BCUT2D eigenvalue weighted by Gasteiger charge is -2.22. The smallest absolute Gasteiger partial charge is 0.307 e. The molecule has 2 aromatic heterocycles. The van der Waals surface area contributed by atoms with Crippen LogP contribution in [-0.4, -0.2) is 50.9 Å². The van der Waals surface area contributed by atoms with Crippen molar-refractivity contribution in [3.8, 4) is 11.6 Å². The molecule has 2 heterocycles. The topological polar surface area (TPSA) is 90.5 Å². The van der Waals surface area contributed by atoms with Crippen molar-refractivity contribution in [2.75, 3.05) is 19.4 Å². The summed E-state index contributed by atoms with van der Waals surface area (Å²) >= 11 is 1.31. The molecular formula is C26H26N4O4S. The number of hydrogen-bond acceptors (Lipinski definition) is 7. The van der Waals surface area contributed by atoms with Crippen LogP contribution in [0.3, 0.4) is 0 Å². The van der Waals surface area contributed by atoms with E-state index in [0.29, 0.717) is 29.8 Å². The van der Waals surface area contributed by atoms with Crippen molar-refractivity contribution in [3.63, 3.8) is 0 Å². The van der Waals surface area contributed by atoms with E-state index in [1.807, 2.05) is 71.3 Å². The highest BCUT2D eigenvalue weighted by molar-refractivity contribution is 7.99. The summed E-state index contributed by atoms with van der Waals surface area (Å²) in [5, 5.41) is 9.28. The second-order valence-corrected chi connectivity index (χ2v) is 8.71. The fraction of sp³-hybridized carbons (Fsp3) is 0.231. The van der Waals surface area contributed by atoms with Crippen molar-refractivity contribution >= 4 is 23.6 Å². The molecule has 0 atom stereocenters. The Hall–Kier alpha value is -3.85. The molecule has 0 unspecified atom stereocenters. The maximum absolute atomic E-state index is 13.2. The van der Waals surface area contributed by atoms with Gasteiger partial charge in [0.1, 0.15) is 0 Å². The first kappa shape index (κ1) is 24.3. The third kappa shape index (κ3) is 6.60. The fourth-order valence-corrected chi connectivity index (χ4v) is 4.37. The normalized spacial score (nSPS) is 10.8. The zero-order valence-corrected chi connectivity index (χ0v) is 20.2. The highest BCUT2D eigenvalue weighted by atomic mass is 32.2. The first-order valence-corrected chi connectivity index (χ1v) is 12.1. The second kappa shape index (κ2) is 12.0. The first-order chi connectivity index (χ1) is 17.1. The molecule has 180 valence electrons. The molecule has 9 heteroatoms. The van der Waals surface area contributed by atoms with Crippen LogP contribution >= 0.6 is 11.8 Å². The predicted molar refractivity (Wildman–Crippen MR) is 132 cm³/mol. The standard InChI is InChI=1S/C26H26N4O4S/c1-33-24(32)14-15-29(17-20-9-4-2-5-10-20)23(31)19-35-26-28-27-25(22-13-8-16-34-22)30(26)18-21-11-6-3-7-12-21/h2-13,16H,14-15,17-19H2,1H3. The number of carbonyl (C=O) groups is 2. The van der Waals surface area contributed by atoms with Crippen molar-refractivity contribution in [3.05, 3.63) is 90.2 Å². The molecule has 0 aliphatic heterocycles. The summed E-state index contributed by atoms with van der Waals surface area (Å²) in [4.78, 5) is 26.6. The van der Waals surface area contributed by atoms with Crippen LogP contribution in [-0.2, 0) is 27.4 Å². The number of hydrogen-bond donors (Lipinski definition) is 0. The Labute approximate surface area is 207 Å². The van der Waals surface area contributed by atoms with E-state index in [-0.39, 0.29) is 30.6 Å². The Bertz CT molecular complexity index is 1230. The Kier molecular flexibility index (Phi) is 8.34. The van der Waals surface area contributed by atoms with Crippen LogP contribution in [0.25, 0.3) is 11.6 Å². The third-order valence-electron chi connectivity index (χ3n) is 5.35. The van der Waals surface area contributed by atoms with Gasteiger partial charge in [0.2, 0.25) is 11.7 Å². The van der Waals surface area contributed by atoms with E-state index in [1.165, 1.54) is 18.9 Å². The maximum atomic E-state index is 13.2. The van der Waals surface area contributed by atoms with Crippen LogP contribution in [0.5, 0.6) is 0 Å². The molecule has 0 aliphatic carbocycles.